The normalized spacial score (nSPS) is 12.7. The fourth-order valence-electron chi connectivity index (χ4n) is 1.41. The molecule has 0 amide bonds. The van der Waals surface area contributed by atoms with Gasteiger partial charge < -0.3 is 10.5 Å². The first-order chi connectivity index (χ1) is 7.27. The predicted octanol–water partition coefficient (Wildman–Crippen LogP) is 2.68. The summed E-state index contributed by atoms with van der Waals surface area (Å²) in [6.07, 6.45) is 1.07. The quantitative estimate of drug-likeness (QED) is 0.728. The molecule has 2 N–H and O–H groups in total. The van der Waals surface area contributed by atoms with E-state index in [-0.39, 0.29) is 0 Å². The first kappa shape index (κ1) is 12.2. The SMILES string of the molecule is CCCOCc1ccc(C(C)CN)cc1. The van der Waals surface area contributed by atoms with Crippen molar-refractivity contribution in [2.24, 2.45) is 5.73 Å². The van der Waals surface area contributed by atoms with Gasteiger partial charge in [0.05, 0.1) is 6.61 Å². The summed E-state index contributed by atoms with van der Waals surface area (Å²) < 4.78 is 5.47. The van der Waals surface area contributed by atoms with E-state index in [0.717, 1.165) is 13.0 Å². The van der Waals surface area contributed by atoms with E-state index >= 15 is 0 Å². The van der Waals surface area contributed by atoms with Crippen molar-refractivity contribution in [3.8, 4) is 0 Å². The molecular formula is C13H21NO. The van der Waals surface area contributed by atoms with Crippen molar-refractivity contribution in [2.75, 3.05) is 13.2 Å². The maximum absolute atomic E-state index is 5.62. The lowest BCUT2D eigenvalue weighted by Gasteiger charge is -2.09. The van der Waals surface area contributed by atoms with Gasteiger partial charge in [-0.05, 0) is 30.0 Å². The van der Waals surface area contributed by atoms with Crippen LogP contribution in [0, 0.1) is 0 Å². The zero-order chi connectivity index (χ0) is 11.1. The number of rotatable bonds is 6. The van der Waals surface area contributed by atoms with Crippen LogP contribution in [0.1, 0.15) is 37.3 Å². The molecule has 0 fully saturated rings. The van der Waals surface area contributed by atoms with Gasteiger partial charge in [-0.25, -0.2) is 0 Å². The smallest absolute Gasteiger partial charge is 0.0716 e. The Morgan fingerprint density at radius 1 is 1.27 bits per heavy atom. The van der Waals surface area contributed by atoms with Crippen molar-refractivity contribution >= 4 is 0 Å². The van der Waals surface area contributed by atoms with Crippen molar-refractivity contribution in [3.63, 3.8) is 0 Å². The van der Waals surface area contributed by atoms with Crippen molar-refractivity contribution < 1.29 is 4.74 Å². The first-order valence-corrected chi connectivity index (χ1v) is 5.64. The Morgan fingerprint density at radius 3 is 2.47 bits per heavy atom. The average molecular weight is 207 g/mol. The van der Waals surface area contributed by atoms with Gasteiger partial charge >= 0.3 is 0 Å². The maximum Gasteiger partial charge on any atom is 0.0716 e. The van der Waals surface area contributed by atoms with Gasteiger partial charge in [0.25, 0.3) is 0 Å². The fraction of sp³-hybridized carbons (Fsp3) is 0.538. The Labute approximate surface area is 92.4 Å². The van der Waals surface area contributed by atoms with Crippen LogP contribution >= 0.6 is 0 Å². The Balaban J connectivity index is 2.49. The summed E-state index contributed by atoms with van der Waals surface area (Å²) >= 11 is 0. The van der Waals surface area contributed by atoms with Crippen LogP contribution in [-0.2, 0) is 11.3 Å². The van der Waals surface area contributed by atoms with E-state index in [1.54, 1.807) is 0 Å². The summed E-state index contributed by atoms with van der Waals surface area (Å²) in [5.41, 5.74) is 8.15. The minimum absolute atomic E-state index is 0.440. The third-order valence-electron chi connectivity index (χ3n) is 2.52. The van der Waals surface area contributed by atoms with Crippen LogP contribution in [0.4, 0.5) is 0 Å². The second-order valence-corrected chi connectivity index (χ2v) is 3.93. The molecule has 1 rings (SSSR count). The molecule has 0 aliphatic heterocycles. The minimum atomic E-state index is 0.440. The molecule has 1 atom stereocenters. The lowest BCUT2D eigenvalue weighted by Crippen LogP contribution is -2.08. The van der Waals surface area contributed by atoms with Crippen LogP contribution in [-0.4, -0.2) is 13.2 Å². The molecule has 0 aliphatic rings. The highest BCUT2D eigenvalue weighted by Crippen LogP contribution is 2.14. The van der Waals surface area contributed by atoms with Crippen LogP contribution in [0.2, 0.25) is 0 Å². The molecule has 0 radical (unpaired) electrons. The number of nitrogens with two attached hydrogens (primary N) is 1. The van der Waals surface area contributed by atoms with Gasteiger partial charge in [0, 0.05) is 6.61 Å². The third-order valence-corrected chi connectivity index (χ3v) is 2.52. The summed E-state index contributed by atoms with van der Waals surface area (Å²) in [5.74, 6) is 0.440. The molecule has 84 valence electrons. The molecule has 0 saturated heterocycles. The molecule has 2 nitrogen and oxygen atoms in total. The topological polar surface area (TPSA) is 35.2 Å². The van der Waals surface area contributed by atoms with E-state index in [0.29, 0.717) is 19.1 Å². The van der Waals surface area contributed by atoms with Gasteiger partial charge in [-0.3, -0.25) is 0 Å². The van der Waals surface area contributed by atoms with E-state index < -0.39 is 0 Å². The van der Waals surface area contributed by atoms with Gasteiger partial charge in [0.15, 0.2) is 0 Å². The van der Waals surface area contributed by atoms with Gasteiger partial charge in [-0.2, -0.15) is 0 Å². The number of ether oxygens (including phenoxy) is 1. The standard InChI is InChI=1S/C13H21NO/c1-3-8-15-10-12-4-6-13(7-5-12)11(2)9-14/h4-7,11H,3,8-10,14H2,1-2H3. The zero-order valence-corrected chi connectivity index (χ0v) is 9.70. The summed E-state index contributed by atoms with van der Waals surface area (Å²) in [7, 11) is 0. The van der Waals surface area contributed by atoms with E-state index in [4.69, 9.17) is 10.5 Å². The van der Waals surface area contributed by atoms with Crippen LogP contribution in [0.25, 0.3) is 0 Å². The minimum Gasteiger partial charge on any atom is -0.377 e. The van der Waals surface area contributed by atoms with Gasteiger partial charge in [0.1, 0.15) is 0 Å². The summed E-state index contributed by atoms with van der Waals surface area (Å²) in [6, 6.07) is 8.53. The van der Waals surface area contributed by atoms with Gasteiger partial charge in [-0.15, -0.1) is 0 Å². The highest BCUT2D eigenvalue weighted by Gasteiger charge is 2.02. The molecule has 0 aliphatic carbocycles. The summed E-state index contributed by atoms with van der Waals surface area (Å²) in [5, 5.41) is 0. The molecule has 1 aromatic carbocycles. The Bertz CT molecular complexity index is 268. The van der Waals surface area contributed by atoms with E-state index in [2.05, 4.69) is 38.1 Å². The maximum atomic E-state index is 5.62. The number of hydrogen-bond donors (Lipinski definition) is 1. The van der Waals surface area contributed by atoms with Crippen molar-refractivity contribution in [3.05, 3.63) is 35.4 Å². The largest absolute Gasteiger partial charge is 0.377 e. The molecule has 1 unspecified atom stereocenters. The van der Waals surface area contributed by atoms with Crippen LogP contribution in [0.5, 0.6) is 0 Å². The van der Waals surface area contributed by atoms with Crippen LogP contribution in [0.15, 0.2) is 24.3 Å². The average Bonchev–Trinajstić information content (AvgIpc) is 2.29. The predicted molar refractivity (Wildman–Crippen MR) is 63.9 cm³/mol. The first-order valence-electron chi connectivity index (χ1n) is 5.64. The van der Waals surface area contributed by atoms with E-state index in [9.17, 15) is 0 Å². The number of benzene rings is 1. The van der Waals surface area contributed by atoms with E-state index in [1.165, 1.54) is 11.1 Å². The molecule has 1 aromatic rings. The summed E-state index contributed by atoms with van der Waals surface area (Å²) in [6.45, 7) is 6.51. The number of hydrogen-bond acceptors (Lipinski definition) is 2. The zero-order valence-electron chi connectivity index (χ0n) is 9.70. The lowest BCUT2D eigenvalue weighted by atomic mass is 10.0. The second-order valence-electron chi connectivity index (χ2n) is 3.93. The monoisotopic (exact) mass is 207 g/mol. The molecule has 15 heavy (non-hydrogen) atoms. The Morgan fingerprint density at radius 2 is 1.93 bits per heavy atom. The van der Waals surface area contributed by atoms with Crippen molar-refractivity contribution in [1.82, 2.24) is 0 Å². The van der Waals surface area contributed by atoms with Crippen molar-refractivity contribution in [1.29, 1.82) is 0 Å². The lowest BCUT2D eigenvalue weighted by molar-refractivity contribution is 0.121. The highest BCUT2D eigenvalue weighted by atomic mass is 16.5. The molecule has 0 aromatic heterocycles. The Kier molecular flexibility index (Phi) is 5.37. The third kappa shape index (κ3) is 4.02. The molecule has 0 heterocycles. The highest BCUT2D eigenvalue weighted by molar-refractivity contribution is 5.24. The molecule has 0 spiro atoms. The molecular weight excluding hydrogens is 186 g/mol. The van der Waals surface area contributed by atoms with Gasteiger partial charge in [0.2, 0.25) is 0 Å². The van der Waals surface area contributed by atoms with Gasteiger partial charge in [-0.1, -0.05) is 38.1 Å². The van der Waals surface area contributed by atoms with Crippen LogP contribution in [0.3, 0.4) is 0 Å². The van der Waals surface area contributed by atoms with E-state index in [1.807, 2.05) is 0 Å². The second kappa shape index (κ2) is 6.59. The molecule has 2 heteroatoms. The molecule has 0 bridgehead atoms. The van der Waals surface area contributed by atoms with Crippen LogP contribution < -0.4 is 5.73 Å². The molecule has 0 saturated carbocycles. The van der Waals surface area contributed by atoms with Crippen molar-refractivity contribution in [2.45, 2.75) is 32.8 Å². The summed E-state index contributed by atoms with van der Waals surface area (Å²) in [4.78, 5) is 0. The fourth-order valence-corrected chi connectivity index (χ4v) is 1.41. The Hall–Kier alpha value is -0.860.